The van der Waals surface area contributed by atoms with E-state index in [0.717, 1.165) is 30.7 Å². The molecule has 1 aromatic carbocycles. The number of ether oxygens (including phenoxy) is 1. The van der Waals surface area contributed by atoms with Crippen LogP contribution in [0.2, 0.25) is 0 Å². The van der Waals surface area contributed by atoms with Gasteiger partial charge in [-0.2, -0.15) is 0 Å². The number of hydrogen-bond acceptors (Lipinski definition) is 6. The number of methoxy groups -OCH3 is 1. The molecule has 2 aromatic heterocycles. The molecule has 38 heavy (non-hydrogen) atoms. The SMILES string of the molecule is COc1ncc(F)cc1[C@H](O)c1c(C(N)=O)nc2n1C1CC(C1)c1cc(F)c(C#CC3(O)CCCC3)cc1-2. The van der Waals surface area contributed by atoms with Crippen molar-refractivity contribution in [3.8, 4) is 29.1 Å². The molecule has 2 bridgehead atoms. The first kappa shape index (κ1) is 24.5. The molecule has 7 rings (SSSR count). The van der Waals surface area contributed by atoms with Gasteiger partial charge in [-0.15, -0.1) is 0 Å². The molecule has 0 saturated heterocycles. The molecule has 4 N–H and O–H groups in total. The summed E-state index contributed by atoms with van der Waals surface area (Å²) in [5.74, 6) is 4.01. The number of carbonyl (C=O) groups excluding carboxylic acids is 1. The number of pyridine rings is 1. The number of nitrogens with zero attached hydrogens (tertiary/aromatic N) is 3. The van der Waals surface area contributed by atoms with E-state index in [9.17, 15) is 19.4 Å². The van der Waals surface area contributed by atoms with Crippen molar-refractivity contribution in [2.75, 3.05) is 7.11 Å². The first-order valence-corrected chi connectivity index (χ1v) is 12.6. The number of halogens is 2. The van der Waals surface area contributed by atoms with Gasteiger partial charge in [0.2, 0.25) is 5.88 Å². The van der Waals surface area contributed by atoms with Crippen molar-refractivity contribution in [2.24, 2.45) is 5.73 Å². The van der Waals surface area contributed by atoms with Crippen molar-refractivity contribution < 1.29 is 28.5 Å². The zero-order valence-electron chi connectivity index (χ0n) is 20.7. The number of carbonyl (C=O) groups is 1. The number of imidazole rings is 1. The summed E-state index contributed by atoms with van der Waals surface area (Å²) >= 11 is 0. The van der Waals surface area contributed by atoms with E-state index in [1.807, 2.05) is 0 Å². The second-order valence-electron chi connectivity index (χ2n) is 10.3. The summed E-state index contributed by atoms with van der Waals surface area (Å²) in [6.45, 7) is 0. The van der Waals surface area contributed by atoms with Crippen LogP contribution in [0.15, 0.2) is 24.4 Å². The maximum Gasteiger partial charge on any atom is 0.269 e. The molecular weight excluding hydrogens is 494 g/mol. The number of aliphatic hydroxyl groups is 2. The molecule has 1 atom stereocenters. The number of amides is 1. The van der Waals surface area contributed by atoms with Crippen LogP contribution in [0, 0.1) is 23.5 Å². The summed E-state index contributed by atoms with van der Waals surface area (Å²) in [7, 11) is 1.34. The van der Waals surface area contributed by atoms with Gasteiger partial charge in [-0.25, -0.2) is 18.7 Å². The number of hydrogen-bond donors (Lipinski definition) is 3. The summed E-state index contributed by atoms with van der Waals surface area (Å²) in [5.41, 5.74) is 5.92. The second kappa shape index (κ2) is 8.89. The van der Waals surface area contributed by atoms with Gasteiger partial charge in [0, 0.05) is 11.6 Å². The Morgan fingerprint density at radius 3 is 2.68 bits per heavy atom. The molecule has 2 aliphatic carbocycles. The lowest BCUT2D eigenvalue weighted by atomic mass is 9.75. The van der Waals surface area contributed by atoms with Gasteiger partial charge >= 0.3 is 0 Å². The molecule has 8 nitrogen and oxygen atoms in total. The van der Waals surface area contributed by atoms with Crippen LogP contribution >= 0.6 is 0 Å². The Morgan fingerprint density at radius 1 is 1.26 bits per heavy atom. The molecule has 0 radical (unpaired) electrons. The lowest BCUT2D eigenvalue weighted by molar-refractivity contribution is 0.0988. The van der Waals surface area contributed by atoms with Crippen LogP contribution < -0.4 is 10.5 Å². The Morgan fingerprint density at radius 2 is 2.00 bits per heavy atom. The third-order valence-corrected chi connectivity index (χ3v) is 7.93. The molecule has 2 saturated carbocycles. The van der Waals surface area contributed by atoms with Crippen LogP contribution in [0.3, 0.4) is 0 Å². The maximum atomic E-state index is 15.2. The summed E-state index contributed by atoms with van der Waals surface area (Å²) in [4.78, 5) is 21.0. The number of primary amides is 1. The van der Waals surface area contributed by atoms with Crippen LogP contribution in [0.25, 0.3) is 11.4 Å². The number of aliphatic hydroxyl groups excluding tert-OH is 1. The maximum absolute atomic E-state index is 15.2. The van der Waals surface area contributed by atoms with E-state index < -0.39 is 29.2 Å². The fraction of sp³-hybridized carbons (Fsp3) is 0.393. The van der Waals surface area contributed by atoms with Gasteiger partial charge in [0.15, 0.2) is 5.69 Å². The van der Waals surface area contributed by atoms with Gasteiger partial charge in [0.25, 0.3) is 5.91 Å². The van der Waals surface area contributed by atoms with E-state index in [4.69, 9.17) is 10.5 Å². The van der Waals surface area contributed by atoms with E-state index >= 15 is 4.39 Å². The average Bonchev–Trinajstić information content (AvgIpc) is 3.41. The Bertz CT molecular complexity index is 1530. The van der Waals surface area contributed by atoms with Crippen LogP contribution in [0.1, 0.15) is 89.5 Å². The first-order chi connectivity index (χ1) is 18.2. The molecule has 1 amide bonds. The fourth-order valence-corrected chi connectivity index (χ4v) is 5.94. The van der Waals surface area contributed by atoms with E-state index in [1.165, 1.54) is 13.2 Å². The summed E-state index contributed by atoms with van der Waals surface area (Å²) in [6.07, 6.45) is 3.54. The number of nitrogens with two attached hydrogens (primary N) is 1. The Kier molecular flexibility index (Phi) is 5.74. The minimum atomic E-state index is -1.52. The summed E-state index contributed by atoms with van der Waals surface area (Å²) in [5, 5.41) is 22.1. The predicted molar refractivity (Wildman–Crippen MR) is 132 cm³/mol. The minimum Gasteiger partial charge on any atom is -0.481 e. The third kappa shape index (κ3) is 3.85. The van der Waals surface area contributed by atoms with Crippen LogP contribution in [-0.4, -0.2) is 43.4 Å². The van der Waals surface area contributed by atoms with Crippen molar-refractivity contribution in [3.05, 3.63) is 64.1 Å². The molecule has 2 fully saturated rings. The molecule has 196 valence electrons. The summed E-state index contributed by atoms with van der Waals surface area (Å²) < 4.78 is 36.3. The van der Waals surface area contributed by atoms with Crippen molar-refractivity contribution in [1.82, 2.24) is 14.5 Å². The topological polar surface area (TPSA) is 123 Å². The number of benzene rings is 1. The standard InChI is InChI=1S/C28H26F2N4O4/c1-38-27-20(11-16(29)13-32-27)24(35)23-22(25(31)36)33-26-19-10-14(4-7-28(37)5-2-3-6-28)21(30)12-18(19)15-8-17(9-15)34(23)26/h10-13,15,17,24,35,37H,2-3,5-6,8-9H2,1H3,(H2,31,36)/t15?,17?,24-/m0/s1. The molecule has 2 aliphatic heterocycles. The molecule has 0 spiro atoms. The molecule has 0 unspecified atom stereocenters. The first-order valence-electron chi connectivity index (χ1n) is 12.6. The Hall–Kier alpha value is -3.81. The molecule has 4 aliphatic rings. The average molecular weight is 521 g/mol. The van der Waals surface area contributed by atoms with Crippen LogP contribution in [0.4, 0.5) is 8.78 Å². The highest BCUT2D eigenvalue weighted by atomic mass is 19.1. The molecule has 10 heteroatoms. The highest BCUT2D eigenvalue weighted by molar-refractivity contribution is 5.93. The van der Waals surface area contributed by atoms with Gasteiger partial charge in [-0.05, 0) is 68.2 Å². The Balaban J connectivity index is 1.54. The van der Waals surface area contributed by atoms with Crippen molar-refractivity contribution in [3.63, 3.8) is 0 Å². The quantitative estimate of drug-likeness (QED) is 0.453. The van der Waals surface area contributed by atoms with E-state index in [-0.39, 0.29) is 40.4 Å². The van der Waals surface area contributed by atoms with Crippen LogP contribution in [0.5, 0.6) is 5.88 Å². The largest absolute Gasteiger partial charge is 0.481 e. The zero-order chi connectivity index (χ0) is 26.8. The minimum absolute atomic E-state index is 0.00476. The lowest BCUT2D eigenvalue weighted by Crippen LogP contribution is -2.27. The third-order valence-electron chi connectivity index (χ3n) is 7.93. The number of rotatable bonds is 4. The van der Waals surface area contributed by atoms with Gasteiger partial charge in [0.1, 0.15) is 29.2 Å². The van der Waals surface area contributed by atoms with Crippen molar-refractivity contribution in [2.45, 2.75) is 62.2 Å². The van der Waals surface area contributed by atoms with E-state index in [2.05, 4.69) is 21.8 Å². The highest BCUT2D eigenvalue weighted by Crippen LogP contribution is 2.54. The van der Waals surface area contributed by atoms with Crippen molar-refractivity contribution in [1.29, 1.82) is 0 Å². The molecule has 3 aromatic rings. The highest BCUT2D eigenvalue weighted by Gasteiger charge is 2.43. The lowest BCUT2D eigenvalue weighted by Gasteiger charge is -2.36. The van der Waals surface area contributed by atoms with Crippen molar-refractivity contribution >= 4 is 5.91 Å². The zero-order valence-corrected chi connectivity index (χ0v) is 20.7. The number of aromatic nitrogens is 3. The van der Waals surface area contributed by atoms with Crippen LogP contribution in [-0.2, 0) is 0 Å². The smallest absolute Gasteiger partial charge is 0.269 e. The fourth-order valence-electron chi connectivity index (χ4n) is 5.94. The molecule has 4 heterocycles. The Labute approximate surface area is 217 Å². The van der Waals surface area contributed by atoms with Gasteiger partial charge in [-0.3, -0.25) is 4.79 Å². The summed E-state index contributed by atoms with van der Waals surface area (Å²) in [6, 6.07) is 3.98. The normalized spacial score (nSPS) is 21.3. The van der Waals surface area contributed by atoms with Gasteiger partial charge < -0.3 is 25.3 Å². The molecular formula is C28H26F2N4O4. The van der Waals surface area contributed by atoms with Gasteiger partial charge in [-0.1, -0.05) is 11.8 Å². The predicted octanol–water partition coefficient (Wildman–Crippen LogP) is 3.50. The van der Waals surface area contributed by atoms with E-state index in [0.29, 0.717) is 37.1 Å². The monoisotopic (exact) mass is 520 g/mol. The van der Waals surface area contributed by atoms with E-state index in [1.54, 1.807) is 10.6 Å². The second-order valence-corrected chi connectivity index (χ2v) is 10.3. The van der Waals surface area contributed by atoms with Gasteiger partial charge in [0.05, 0.1) is 30.1 Å².